The first-order valence-corrected chi connectivity index (χ1v) is 11.2. The molecule has 1 aromatic carbocycles. The number of fused-ring (bicyclic) bond motifs is 1. The monoisotopic (exact) mass is 410 g/mol. The molecule has 5 rings (SSSR count). The summed E-state index contributed by atoms with van der Waals surface area (Å²) < 4.78 is 0. The van der Waals surface area contributed by atoms with Gasteiger partial charge in [0, 0.05) is 30.8 Å². The molecule has 0 radical (unpaired) electrons. The normalized spacial score (nSPS) is 28.6. The summed E-state index contributed by atoms with van der Waals surface area (Å²) in [7, 11) is 0. The Morgan fingerprint density at radius 1 is 1.00 bits per heavy atom. The van der Waals surface area contributed by atoms with Gasteiger partial charge in [0.25, 0.3) is 0 Å². The first-order valence-electron chi connectivity index (χ1n) is 11.2. The molecule has 7 nitrogen and oxygen atoms in total. The summed E-state index contributed by atoms with van der Waals surface area (Å²) >= 11 is 0. The zero-order valence-corrected chi connectivity index (χ0v) is 17.6. The van der Waals surface area contributed by atoms with Gasteiger partial charge in [-0.1, -0.05) is 6.07 Å². The maximum atomic E-state index is 13.2. The Labute approximate surface area is 177 Å². The molecule has 30 heavy (non-hydrogen) atoms. The van der Waals surface area contributed by atoms with E-state index in [1.165, 1.54) is 25.7 Å². The molecular formula is C23H30N4O3. The third kappa shape index (κ3) is 3.11. The lowest BCUT2D eigenvalue weighted by Gasteiger charge is -2.45. The largest absolute Gasteiger partial charge is 0.371 e. The number of carbonyl (C=O) groups excluding carboxylic acids is 3. The molecule has 4 heterocycles. The smallest absolute Gasteiger partial charge is 0.249 e. The van der Waals surface area contributed by atoms with Crippen molar-refractivity contribution in [3.8, 4) is 0 Å². The van der Waals surface area contributed by atoms with E-state index in [2.05, 4.69) is 21.6 Å². The van der Waals surface area contributed by atoms with E-state index in [1.54, 1.807) is 4.90 Å². The second kappa shape index (κ2) is 7.38. The molecule has 0 saturated carbocycles. The number of nitrogens with one attached hydrogen (secondary N) is 2. The number of carbonyl (C=O) groups is 3. The summed E-state index contributed by atoms with van der Waals surface area (Å²) in [5.41, 5.74) is 3.47. The van der Waals surface area contributed by atoms with Gasteiger partial charge in [-0.25, -0.2) is 0 Å². The highest BCUT2D eigenvalue weighted by molar-refractivity contribution is 6.13. The standard InChI is InChI=1S/C23H30N4O3/c1-15-20-16(26-13-9-23(10-14-26)7-11-24-12-8-23)3-2-4-17(20)27(22(15)30)18-5-6-19(28)25-21(18)29/h2-4,15,18,24H,5-14H2,1H3,(H,25,28,29). The highest BCUT2D eigenvalue weighted by atomic mass is 16.2. The van der Waals surface area contributed by atoms with Gasteiger partial charge in [-0.15, -0.1) is 0 Å². The van der Waals surface area contributed by atoms with Crippen LogP contribution < -0.4 is 20.4 Å². The third-order valence-corrected chi connectivity index (χ3v) is 7.71. The van der Waals surface area contributed by atoms with Gasteiger partial charge in [0.2, 0.25) is 17.7 Å². The second-order valence-electron chi connectivity index (χ2n) is 9.34. The van der Waals surface area contributed by atoms with Crippen LogP contribution in [0.5, 0.6) is 0 Å². The molecule has 4 aliphatic heterocycles. The van der Waals surface area contributed by atoms with Crippen LogP contribution in [0.15, 0.2) is 18.2 Å². The van der Waals surface area contributed by atoms with E-state index < -0.39 is 6.04 Å². The molecule has 2 N–H and O–H groups in total. The molecular weight excluding hydrogens is 380 g/mol. The van der Waals surface area contributed by atoms with E-state index in [-0.39, 0.29) is 30.1 Å². The van der Waals surface area contributed by atoms with Gasteiger partial charge in [-0.05, 0) is 69.7 Å². The Balaban J connectivity index is 1.42. The van der Waals surface area contributed by atoms with Gasteiger partial charge in [0.15, 0.2) is 0 Å². The molecule has 3 fully saturated rings. The molecule has 160 valence electrons. The van der Waals surface area contributed by atoms with E-state index >= 15 is 0 Å². The van der Waals surface area contributed by atoms with Crippen molar-refractivity contribution in [2.24, 2.45) is 5.41 Å². The van der Waals surface area contributed by atoms with Crippen LogP contribution in [0, 0.1) is 5.41 Å². The Bertz CT molecular complexity index is 882. The van der Waals surface area contributed by atoms with Crippen molar-refractivity contribution in [1.82, 2.24) is 10.6 Å². The van der Waals surface area contributed by atoms with Gasteiger partial charge in [-0.3, -0.25) is 24.6 Å². The van der Waals surface area contributed by atoms with Gasteiger partial charge >= 0.3 is 0 Å². The summed E-state index contributed by atoms with van der Waals surface area (Å²) in [6.45, 7) is 6.20. The van der Waals surface area contributed by atoms with Gasteiger partial charge in [-0.2, -0.15) is 0 Å². The molecule has 3 amide bonds. The lowest BCUT2D eigenvalue weighted by atomic mass is 9.71. The van der Waals surface area contributed by atoms with Crippen LogP contribution >= 0.6 is 0 Å². The van der Waals surface area contributed by atoms with E-state index in [4.69, 9.17) is 0 Å². The van der Waals surface area contributed by atoms with Crippen molar-refractivity contribution in [3.05, 3.63) is 23.8 Å². The molecule has 0 aromatic heterocycles. The van der Waals surface area contributed by atoms with Crippen molar-refractivity contribution in [1.29, 1.82) is 0 Å². The number of piperidine rings is 3. The van der Waals surface area contributed by atoms with Crippen LogP contribution in [0.3, 0.4) is 0 Å². The minimum Gasteiger partial charge on any atom is -0.371 e. The molecule has 4 aliphatic rings. The van der Waals surface area contributed by atoms with Crippen molar-refractivity contribution < 1.29 is 14.4 Å². The fraction of sp³-hybridized carbons (Fsp3) is 0.609. The fourth-order valence-electron chi connectivity index (χ4n) is 5.85. The Kier molecular flexibility index (Phi) is 4.81. The Morgan fingerprint density at radius 3 is 2.40 bits per heavy atom. The Hall–Kier alpha value is -2.41. The SMILES string of the molecule is CC1C(=O)N(C2CCC(=O)NC2=O)c2cccc(N3CCC4(CCNCC4)CC3)c21. The number of benzene rings is 1. The summed E-state index contributed by atoms with van der Waals surface area (Å²) in [6.07, 6.45) is 5.55. The zero-order chi connectivity index (χ0) is 20.9. The summed E-state index contributed by atoms with van der Waals surface area (Å²) in [4.78, 5) is 41.3. The maximum Gasteiger partial charge on any atom is 0.249 e. The molecule has 3 saturated heterocycles. The van der Waals surface area contributed by atoms with Gasteiger partial charge in [0.05, 0.1) is 11.6 Å². The minimum atomic E-state index is -0.603. The Morgan fingerprint density at radius 2 is 1.70 bits per heavy atom. The van der Waals surface area contributed by atoms with Crippen molar-refractivity contribution >= 4 is 29.1 Å². The van der Waals surface area contributed by atoms with Crippen LogP contribution in [0.25, 0.3) is 0 Å². The number of anilines is 2. The van der Waals surface area contributed by atoms with Gasteiger partial charge < -0.3 is 10.2 Å². The molecule has 0 aliphatic carbocycles. The van der Waals surface area contributed by atoms with E-state index in [1.807, 2.05) is 19.1 Å². The number of hydrogen-bond acceptors (Lipinski definition) is 5. The fourth-order valence-corrected chi connectivity index (χ4v) is 5.85. The number of imide groups is 1. The number of nitrogens with zero attached hydrogens (tertiary/aromatic N) is 2. The van der Waals surface area contributed by atoms with Crippen LogP contribution in [-0.4, -0.2) is 49.9 Å². The van der Waals surface area contributed by atoms with Crippen molar-refractivity contribution in [2.45, 2.75) is 57.4 Å². The average Bonchev–Trinajstić information content (AvgIpc) is 3.00. The second-order valence-corrected chi connectivity index (χ2v) is 9.34. The van der Waals surface area contributed by atoms with Crippen molar-refractivity contribution in [3.63, 3.8) is 0 Å². The predicted octanol–water partition coefficient (Wildman–Crippen LogP) is 1.91. The first-order chi connectivity index (χ1) is 14.5. The third-order valence-electron chi connectivity index (χ3n) is 7.71. The molecule has 1 spiro atoms. The average molecular weight is 411 g/mol. The lowest BCUT2D eigenvalue weighted by Crippen LogP contribution is -2.53. The first kappa shape index (κ1) is 19.5. The number of rotatable bonds is 2. The summed E-state index contributed by atoms with van der Waals surface area (Å²) in [6, 6.07) is 5.46. The summed E-state index contributed by atoms with van der Waals surface area (Å²) in [5, 5.41) is 5.87. The predicted molar refractivity (Wildman–Crippen MR) is 114 cm³/mol. The zero-order valence-electron chi connectivity index (χ0n) is 17.6. The molecule has 2 unspecified atom stereocenters. The van der Waals surface area contributed by atoms with Crippen LogP contribution in [0.2, 0.25) is 0 Å². The highest BCUT2D eigenvalue weighted by Gasteiger charge is 2.45. The molecule has 7 heteroatoms. The minimum absolute atomic E-state index is 0.0428. The molecule has 2 atom stereocenters. The van der Waals surface area contributed by atoms with Crippen LogP contribution in [0.4, 0.5) is 11.4 Å². The quantitative estimate of drug-likeness (QED) is 0.728. The summed E-state index contributed by atoms with van der Waals surface area (Å²) in [5.74, 6) is -0.948. The van der Waals surface area contributed by atoms with Crippen LogP contribution in [-0.2, 0) is 14.4 Å². The maximum absolute atomic E-state index is 13.2. The molecule has 1 aromatic rings. The van der Waals surface area contributed by atoms with Gasteiger partial charge in [0.1, 0.15) is 6.04 Å². The van der Waals surface area contributed by atoms with Crippen molar-refractivity contribution in [2.75, 3.05) is 36.0 Å². The number of amides is 3. The van der Waals surface area contributed by atoms with E-state index in [0.717, 1.165) is 43.1 Å². The highest BCUT2D eigenvalue weighted by Crippen LogP contribution is 2.47. The lowest BCUT2D eigenvalue weighted by molar-refractivity contribution is -0.135. The van der Waals surface area contributed by atoms with Crippen LogP contribution in [0.1, 0.15) is 56.9 Å². The van der Waals surface area contributed by atoms with E-state index in [9.17, 15) is 14.4 Å². The molecule has 0 bridgehead atoms. The van der Waals surface area contributed by atoms with E-state index in [0.29, 0.717) is 11.8 Å². The number of hydrogen-bond donors (Lipinski definition) is 2. The topological polar surface area (TPSA) is 81.8 Å².